The number of nitrogens with one attached hydrogen (secondary N) is 1. The molecule has 0 unspecified atom stereocenters. The number of hydrogen-bond acceptors (Lipinski definition) is 4. The molecule has 0 spiro atoms. The van der Waals surface area contributed by atoms with Crippen molar-refractivity contribution in [2.75, 3.05) is 5.32 Å². The largest absolute Gasteiger partial charge is 0.378 e. The maximum absolute atomic E-state index is 4.35. The molecule has 0 aliphatic rings. The van der Waals surface area contributed by atoms with Gasteiger partial charge in [-0.25, -0.2) is 14.6 Å². The van der Waals surface area contributed by atoms with Crippen LogP contribution in [0.2, 0.25) is 0 Å². The summed E-state index contributed by atoms with van der Waals surface area (Å²) in [6.07, 6.45) is 9.10. The molecule has 102 valence electrons. The van der Waals surface area contributed by atoms with Crippen molar-refractivity contribution in [1.29, 1.82) is 0 Å². The van der Waals surface area contributed by atoms with Gasteiger partial charge in [-0.2, -0.15) is 5.10 Å². The summed E-state index contributed by atoms with van der Waals surface area (Å²) >= 11 is 0. The highest BCUT2D eigenvalue weighted by atomic mass is 15.3. The first kappa shape index (κ1) is 12.4. The normalized spacial score (nSPS) is 10.7. The van der Waals surface area contributed by atoms with E-state index >= 15 is 0 Å². The molecule has 0 atom stereocenters. The highest BCUT2D eigenvalue weighted by Gasteiger charge is 2.06. The van der Waals surface area contributed by atoms with Crippen LogP contribution in [-0.2, 0) is 13.1 Å². The summed E-state index contributed by atoms with van der Waals surface area (Å²) in [4.78, 5) is 8.30. The maximum Gasteiger partial charge on any atom is 0.178 e. The lowest BCUT2D eigenvalue weighted by atomic mass is 10.3. The summed E-state index contributed by atoms with van der Waals surface area (Å²) < 4.78 is 3.80. The smallest absolute Gasteiger partial charge is 0.178 e. The molecular weight excluding hydrogens is 252 g/mol. The molecule has 3 aromatic heterocycles. The van der Waals surface area contributed by atoms with E-state index in [-0.39, 0.29) is 0 Å². The van der Waals surface area contributed by atoms with Crippen LogP contribution in [0.25, 0.3) is 5.82 Å². The Morgan fingerprint density at radius 2 is 2.25 bits per heavy atom. The quantitative estimate of drug-likeness (QED) is 0.769. The highest BCUT2D eigenvalue weighted by molar-refractivity contribution is 5.56. The Balaban J connectivity index is 1.77. The lowest BCUT2D eigenvalue weighted by molar-refractivity contribution is 0.766. The molecule has 6 nitrogen and oxygen atoms in total. The molecule has 3 rings (SSSR count). The fourth-order valence-corrected chi connectivity index (χ4v) is 2.02. The van der Waals surface area contributed by atoms with Crippen molar-refractivity contribution in [3.05, 3.63) is 55.0 Å². The van der Waals surface area contributed by atoms with Crippen LogP contribution in [0.1, 0.15) is 12.5 Å². The minimum absolute atomic E-state index is 0.750. The van der Waals surface area contributed by atoms with Crippen molar-refractivity contribution in [3.63, 3.8) is 0 Å². The summed E-state index contributed by atoms with van der Waals surface area (Å²) in [7, 11) is 0. The molecule has 0 saturated carbocycles. The Bertz CT molecular complexity index is 671. The SMILES string of the molecule is CCn1ccc(CNc2cccnc2-n2cncn2)c1. The minimum atomic E-state index is 0.750. The zero-order valence-corrected chi connectivity index (χ0v) is 11.3. The third-order valence-electron chi connectivity index (χ3n) is 3.08. The van der Waals surface area contributed by atoms with Gasteiger partial charge in [0.1, 0.15) is 12.7 Å². The van der Waals surface area contributed by atoms with E-state index in [4.69, 9.17) is 0 Å². The van der Waals surface area contributed by atoms with E-state index in [1.165, 1.54) is 11.9 Å². The molecule has 6 heteroatoms. The van der Waals surface area contributed by atoms with E-state index in [1.54, 1.807) is 17.2 Å². The van der Waals surface area contributed by atoms with Crippen LogP contribution in [0.15, 0.2) is 49.4 Å². The molecule has 0 aliphatic carbocycles. The molecule has 3 heterocycles. The number of anilines is 1. The Hall–Kier alpha value is -2.63. The number of aryl methyl sites for hydroxylation is 1. The van der Waals surface area contributed by atoms with Crippen LogP contribution in [0, 0.1) is 0 Å². The second-order valence-corrected chi connectivity index (χ2v) is 4.42. The lowest BCUT2D eigenvalue weighted by Crippen LogP contribution is -2.06. The third kappa shape index (κ3) is 2.54. The van der Waals surface area contributed by atoms with E-state index in [2.05, 4.69) is 50.3 Å². The zero-order valence-electron chi connectivity index (χ0n) is 11.3. The zero-order chi connectivity index (χ0) is 13.8. The van der Waals surface area contributed by atoms with E-state index in [0.29, 0.717) is 0 Å². The van der Waals surface area contributed by atoms with Gasteiger partial charge in [0.15, 0.2) is 5.82 Å². The van der Waals surface area contributed by atoms with Crippen LogP contribution >= 0.6 is 0 Å². The first-order valence-electron chi connectivity index (χ1n) is 6.55. The summed E-state index contributed by atoms with van der Waals surface area (Å²) in [5.41, 5.74) is 2.17. The number of rotatable bonds is 5. The third-order valence-corrected chi connectivity index (χ3v) is 3.08. The molecular formula is C14H16N6. The Morgan fingerprint density at radius 3 is 3.00 bits per heavy atom. The molecule has 0 radical (unpaired) electrons. The lowest BCUT2D eigenvalue weighted by Gasteiger charge is -2.09. The van der Waals surface area contributed by atoms with Crippen LogP contribution in [0.4, 0.5) is 5.69 Å². The van der Waals surface area contributed by atoms with Gasteiger partial charge in [0.25, 0.3) is 0 Å². The number of hydrogen-bond donors (Lipinski definition) is 1. The number of aromatic nitrogens is 5. The van der Waals surface area contributed by atoms with Gasteiger partial charge in [0.05, 0.1) is 5.69 Å². The van der Waals surface area contributed by atoms with Gasteiger partial charge in [0.2, 0.25) is 0 Å². The number of nitrogens with zero attached hydrogens (tertiary/aromatic N) is 5. The average Bonchev–Trinajstić information content (AvgIpc) is 3.17. The predicted octanol–water partition coefficient (Wildman–Crippen LogP) is 2.10. The fourth-order valence-electron chi connectivity index (χ4n) is 2.02. The van der Waals surface area contributed by atoms with Crippen LogP contribution in [-0.4, -0.2) is 24.3 Å². The fraction of sp³-hybridized carbons (Fsp3) is 0.214. The van der Waals surface area contributed by atoms with Gasteiger partial charge in [-0.15, -0.1) is 0 Å². The summed E-state index contributed by atoms with van der Waals surface area (Å²) in [6, 6.07) is 6.00. The van der Waals surface area contributed by atoms with Crippen molar-refractivity contribution in [1.82, 2.24) is 24.3 Å². The summed E-state index contributed by atoms with van der Waals surface area (Å²) in [5, 5.41) is 7.51. The van der Waals surface area contributed by atoms with E-state index < -0.39 is 0 Å². The van der Waals surface area contributed by atoms with E-state index in [9.17, 15) is 0 Å². The van der Waals surface area contributed by atoms with Crippen molar-refractivity contribution in [2.45, 2.75) is 20.0 Å². The Kier molecular flexibility index (Phi) is 3.45. The van der Waals surface area contributed by atoms with Crippen molar-refractivity contribution >= 4 is 5.69 Å². The second-order valence-electron chi connectivity index (χ2n) is 4.42. The Labute approximate surface area is 117 Å². The molecule has 0 bridgehead atoms. The molecule has 0 saturated heterocycles. The van der Waals surface area contributed by atoms with Crippen molar-refractivity contribution in [3.8, 4) is 5.82 Å². The molecule has 20 heavy (non-hydrogen) atoms. The van der Waals surface area contributed by atoms with Crippen LogP contribution in [0.3, 0.4) is 0 Å². The molecule has 3 aromatic rings. The molecule has 0 aliphatic heterocycles. The van der Waals surface area contributed by atoms with Gasteiger partial charge < -0.3 is 9.88 Å². The minimum Gasteiger partial charge on any atom is -0.378 e. The van der Waals surface area contributed by atoms with Gasteiger partial charge in [-0.05, 0) is 30.7 Å². The first-order chi connectivity index (χ1) is 9.86. The second kappa shape index (κ2) is 5.56. The van der Waals surface area contributed by atoms with Crippen molar-refractivity contribution in [2.24, 2.45) is 0 Å². The summed E-state index contributed by atoms with van der Waals surface area (Å²) in [5.74, 6) is 0.750. The molecule has 1 N–H and O–H groups in total. The van der Waals surface area contributed by atoms with Gasteiger partial charge in [-0.3, -0.25) is 0 Å². The Morgan fingerprint density at radius 1 is 1.30 bits per heavy atom. The average molecular weight is 268 g/mol. The van der Waals surface area contributed by atoms with Gasteiger partial charge in [-0.1, -0.05) is 0 Å². The summed E-state index contributed by atoms with van der Waals surface area (Å²) in [6.45, 7) is 3.86. The monoisotopic (exact) mass is 268 g/mol. The topological polar surface area (TPSA) is 60.6 Å². The van der Waals surface area contributed by atoms with Gasteiger partial charge in [0, 0.05) is 31.7 Å². The van der Waals surface area contributed by atoms with Crippen LogP contribution < -0.4 is 5.32 Å². The number of pyridine rings is 1. The molecule has 0 aromatic carbocycles. The van der Waals surface area contributed by atoms with E-state index in [1.807, 2.05) is 12.1 Å². The molecule has 0 amide bonds. The standard InChI is InChI=1S/C14H16N6/c1-2-19-7-5-12(9-19)8-17-13-4-3-6-16-14(13)20-11-15-10-18-20/h3-7,9-11,17H,2,8H2,1H3. The first-order valence-corrected chi connectivity index (χ1v) is 6.55. The maximum atomic E-state index is 4.35. The van der Waals surface area contributed by atoms with Crippen LogP contribution in [0.5, 0.6) is 0 Å². The van der Waals surface area contributed by atoms with Gasteiger partial charge >= 0.3 is 0 Å². The van der Waals surface area contributed by atoms with Crippen molar-refractivity contribution < 1.29 is 0 Å². The van der Waals surface area contributed by atoms with E-state index in [0.717, 1.165) is 24.6 Å². The highest BCUT2D eigenvalue weighted by Crippen LogP contribution is 2.16. The molecule has 0 fully saturated rings. The predicted molar refractivity (Wildman–Crippen MR) is 76.6 cm³/mol.